The number of rotatable bonds is 6. The van der Waals surface area contributed by atoms with Gasteiger partial charge in [-0.3, -0.25) is 0 Å². The Morgan fingerprint density at radius 1 is 1.23 bits per heavy atom. The second kappa shape index (κ2) is 7.01. The van der Waals surface area contributed by atoms with Crippen LogP contribution in [-0.4, -0.2) is 25.2 Å². The molecule has 3 heteroatoms. The van der Waals surface area contributed by atoms with Crippen molar-refractivity contribution in [3.8, 4) is 5.75 Å². The predicted octanol–water partition coefficient (Wildman–Crippen LogP) is 3.65. The molecule has 0 aliphatic heterocycles. The summed E-state index contributed by atoms with van der Waals surface area (Å²) in [6, 6.07) is 7.92. The fourth-order valence-electron chi connectivity index (χ4n) is 2.84. The van der Waals surface area contributed by atoms with Crippen LogP contribution in [0.5, 0.6) is 5.75 Å². The SMILES string of the molecule is COc1cccc(C)c1CNC1CCC1NC(C)C(C)(C)C. The zero-order valence-electron chi connectivity index (χ0n) is 15.0. The third-order valence-electron chi connectivity index (χ3n) is 5.17. The summed E-state index contributed by atoms with van der Waals surface area (Å²) in [6.45, 7) is 12.2. The van der Waals surface area contributed by atoms with Crippen molar-refractivity contribution in [2.75, 3.05) is 7.11 Å². The largest absolute Gasteiger partial charge is 0.496 e. The molecular formula is C19H32N2O. The summed E-state index contributed by atoms with van der Waals surface area (Å²) in [4.78, 5) is 0. The van der Waals surface area contributed by atoms with Crippen LogP contribution in [0.4, 0.5) is 0 Å². The molecule has 1 fully saturated rings. The van der Waals surface area contributed by atoms with E-state index in [4.69, 9.17) is 4.74 Å². The molecule has 22 heavy (non-hydrogen) atoms. The predicted molar refractivity (Wildman–Crippen MR) is 93.4 cm³/mol. The molecule has 0 bridgehead atoms. The molecular weight excluding hydrogens is 272 g/mol. The minimum absolute atomic E-state index is 0.305. The second-order valence-corrected chi connectivity index (χ2v) is 7.68. The first-order valence-corrected chi connectivity index (χ1v) is 8.45. The fourth-order valence-corrected chi connectivity index (χ4v) is 2.84. The minimum atomic E-state index is 0.305. The van der Waals surface area contributed by atoms with Gasteiger partial charge in [-0.15, -0.1) is 0 Å². The van der Waals surface area contributed by atoms with E-state index in [1.54, 1.807) is 7.11 Å². The van der Waals surface area contributed by atoms with Gasteiger partial charge in [0.2, 0.25) is 0 Å². The van der Waals surface area contributed by atoms with Gasteiger partial charge in [0.05, 0.1) is 7.11 Å². The van der Waals surface area contributed by atoms with E-state index in [0.29, 0.717) is 23.5 Å². The monoisotopic (exact) mass is 304 g/mol. The maximum absolute atomic E-state index is 5.49. The summed E-state index contributed by atoms with van der Waals surface area (Å²) in [5.41, 5.74) is 2.87. The van der Waals surface area contributed by atoms with E-state index in [-0.39, 0.29) is 0 Å². The fraction of sp³-hybridized carbons (Fsp3) is 0.684. The number of benzene rings is 1. The van der Waals surface area contributed by atoms with E-state index >= 15 is 0 Å². The molecule has 1 aliphatic carbocycles. The van der Waals surface area contributed by atoms with Crippen molar-refractivity contribution in [2.45, 2.75) is 72.1 Å². The Bertz CT molecular complexity index is 493. The van der Waals surface area contributed by atoms with E-state index in [0.717, 1.165) is 12.3 Å². The van der Waals surface area contributed by atoms with Crippen molar-refractivity contribution >= 4 is 0 Å². The molecule has 3 atom stereocenters. The van der Waals surface area contributed by atoms with E-state index in [2.05, 4.69) is 57.4 Å². The van der Waals surface area contributed by atoms with Gasteiger partial charge in [-0.1, -0.05) is 32.9 Å². The average molecular weight is 304 g/mol. The molecule has 0 spiro atoms. The van der Waals surface area contributed by atoms with E-state index in [9.17, 15) is 0 Å². The highest BCUT2D eigenvalue weighted by molar-refractivity contribution is 5.39. The molecule has 1 aromatic rings. The van der Waals surface area contributed by atoms with Crippen LogP contribution in [0.3, 0.4) is 0 Å². The number of nitrogens with one attached hydrogen (secondary N) is 2. The topological polar surface area (TPSA) is 33.3 Å². The molecule has 3 nitrogen and oxygen atoms in total. The van der Waals surface area contributed by atoms with Crippen LogP contribution >= 0.6 is 0 Å². The number of hydrogen-bond donors (Lipinski definition) is 2. The Kier molecular flexibility index (Phi) is 5.51. The van der Waals surface area contributed by atoms with Crippen LogP contribution in [0.25, 0.3) is 0 Å². The molecule has 3 unspecified atom stereocenters. The van der Waals surface area contributed by atoms with Crippen molar-refractivity contribution < 1.29 is 4.74 Å². The lowest BCUT2D eigenvalue weighted by Crippen LogP contribution is -2.59. The number of methoxy groups -OCH3 is 1. The Morgan fingerprint density at radius 3 is 2.45 bits per heavy atom. The lowest BCUT2D eigenvalue weighted by atomic mass is 9.82. The van der Waals surface area contributed by atoms with Gasteiger partial charge < -0.3 is 15.4 Å². The van der Waals surface area contributed by atoms with Gasteiger partial charge in [0.1, 0.15) is 5.75 Å². The lowest BCUT2D eigenvalue weighted by Gasteiger charge is -2.42. The lowest BCUT2D eigenvalue weighted by molar-refractivity contribution is 0.176. The first-order valence-electron chi connectivity index (χ1n) is 8.45. The maximum Gasteiger partial charge on any atom is 0.123 e. The molecule has 0 heterocycles. The van der Waals surface area contributed by atoms with Gasteiger partial charge in [-0.25, -0.2) is 0 Å². The summed E-state index contributed by atoms with van der Waals surface area (Å²) < 4.78 is 5.49. The van der Waals surface area contributed by atoms with Crippen molar-refractivity contribution in [3.05, 3.63) is 29.3 Å². The summed E-state index contributed by atoms with van der Waals surface area (Å²) in [5.74, 6) is 0.986. The minimum Gasteiger partial charge on any atom is -0.496 e. The van der Waals surface area contributed by atoms with Crippen LogP contribution in [0, 0.1) is 12.3 Å². The zero-order chi connectivity index (χ0) is 16.3. The van der Waals surface area contributed by atoms with Crippen LogP contribution in [0.2, 0.25) is 0 Å². The van der Waals surface area contributed by atoms with Crippen LogP contribution in [0.15, 0.2) is 18.2 Å². The van der Waals surface area contributed by atoms with Crippen molar-refractivity contribution in [1.82, 2.24) is 10.6 Å². The van der Waals surface area contributed by atoms with Crippen molar-refractivity contribution in [2.24, 2.45) is 5.41 Å². The Labute approximate surface area is 135 Å². The second-order valence-electron chi connectivity index (χ2n) is 7.68. The van der Waals surface area contributed by atoms with Gasteiger partial charge in [-0.2, -0.15) is 0 Å². The summed E-state index contributed by atoms with van der Waals surface area (Å²) in [7, 11) is 1.75. The van der Waals surface area contributed by atoms with Crippen LogP contribution < -0.4 is 15.4 Å². The number of ether oxygens (including phenoxy) is 1. The highest BCUT2D eigenvalue weighted by atomic mass is 16.5. The van der Waals surface area contributed by atoms with Gasteiger partial charge in [0, 0.05) is 30.2 Å². The van der Waals surface area contributed by atoms with E-state index < -0.39 is 0 Å². The highest BCUT2D eigenvalue weighted by Crippen LogP contribution is 2.27. The summed E-state index contributed by atoms with van der Waals surface area (Å²) >= 11 is 0. The van der Waals surface area contributed by atoms with Gasteiger partial charge in [0.25, 0.3) is 0 Å². The molecule has 0 saturated heterocycles. The average Bonchev–Trinajstić information content (AvgIpc) is 2.43. The molecule has 2 rings (SSSR count). The standard InChI is InChI=1S/C19H32N2O/c1-13-8-7-9-18(22-6)15(13)12-20-16-10-11-17(16)21-14(2)19(3,4)5/h7-9,14,16-17,20-21H,10-12H2,1-6H3. The quantitative estimate of drug-likeness (QED) is 0.841. The molecule has 1 aromatic carbocycles. The third-order valence-corrected chi connectivity index (χ3v) is 5.17. The van der Waals surface area contributed by atoms with Crippen LogP contribution in [0.1, 0.15) is 51.7 Å². The molecule has 0 aromatic heterocycles. The van der Waals surface area contributed by atoms with Gasteiger partial charge in [0.15, 0.2) is 0 Å². The molecule has 1 aliphatic rings. The van der Waals surface area contributed by atoms with Gasteiger partial charge in [-0.05, 0) is 43.7 Å². The normalized spacial score (nSPS) is 23.0. The zero-order valence-corrected chi connectivity index (χ0v) is 15.0. The van der Waals surface area contributed by atoms with Crippen molar-refractivity contribution in [1.29, 1.82) is 0 Å². The Balaban J connectivity index is 1.90. The molecule has 124 valence electrons. The molecule has 1 saturated carbocycles. The number of aryl methyl sites for hydroxylation is 1. The van der Waals surface area contributed by atoms with E-state index in [1.807, 2.05) is 6.07 Å². The molecule has 0 amide bonds. The highest BCUT2D eigenvalue weighted by Gasteiger charge is 2.33. The smallest absolute Gasteiger partial charge is 0.123 e. The Morgan fingerprint density at radius 2 is 1.91 bits per heavy atom. The summed E-state index contributed by atoms with van der Waals surface area (Å²) in [5, 5.41) is 7.51. The first kappa shape index (κ1) is 17.3. The van der Waals surface area contributed by atoms with Gasteiger partial charge >= 0.3 is 0 Å². The first-order chi connectivity index (χ1) is 10.3. The number of hydrogen-bond acceptors (Lipinski definition) is 3. The third kappa shape index (κ3) is 4.02. The molecule has 0 radical (unpaired) electrons. The molecule has 2 N–H and O–H groups in total. The van der Waals surface area contributed by atoms with Crippen LogP contribution in [-0.2, 0) is 6.54 Å². The maximum atomic E-state index is 5.49. The van der Waals surface area contributed by atoms with E-state index in [1.165, 1.54) is 24.0 Å². The summed E-state index contributed by atoms with van der Waals surface area (Å²) in [6.07, 6.45) is 2.52. The van der Waals surface area contributed by atoms with Crippen molar-refractivity contribution in [3.63, 3.8) is 0 Å². The Hall–Kier alpha value is -1.06.